The van der Waals surface area contributed by atoms with E-state index in [1.807, 2.05) is 0 Å². The van der Waals surface area contributed by atoms with Crippen molar-refractivity contribution in [2.24, 2.45) is 0 Å². The van der Waals surface area contributed by atoms with Crippen LogP contribution in [0.25, 0.3) is 10.8 Å². The van der Waals surface area contributed by atoms with Crippen LogP contribution >= 0.6 is 0 Å². The van der Waals surface area contributed by atoms with Gasteiger partial charge in [0.1, 0.15) is 0 Å². The fraction of sp³-hybridized carbons (Fsp3) is 0.250. The minimum Gasteiger partial charge on any atom is -1.00 e. The zero-order valence-corrected chi connectivity index (χ0v) is 16.4. The van der Waals surface area contributed by atoms with E-state index in [2.05, 4.69) is 56.4 Å². The van der Waals surface area contributed by atoms with Gasteiger partial charge in [0.05, 0.1) is 0 Å². The maximum Gasteiger partial charge on any atom is 3.00 e. The Morgan fingerprint density at radius 1 is 1.06 bits per heavy atom. The van der Waals surface area contributed by atoms with Crippen molar-refractivity contribution in [2.45, 2.75) is 20.0 Å². The van der Waals surface area contributed by atoms with Crippen molar-refractivity contribution in [3.63, 3.8) is 0 Å². The molecule has 85 valence electrons. The van der Waals surface area contributed by atoms with Crippen LogP contribution in [0.2, 0.25) is 13.1 Å². The third-order valence-corrected chi connectivity index (χ3v) is 1.76. The van der Waals surface area contributed by atoms with Gasteiger partial charge in [0, 0.05) is 9.52 Å². The first-order valence-electron chi connectivity index (χ1n) is 4.48. The number of fused-ring (bicyclic) bond motifs is 1. The molecule has 0 bridgehead atoms. The van der Waals surface area contributed by atoms with E-state index in [0.29, 0.717) is 0 Å². The van der Waals surface area contributed by atoms with Gasteiger partial charge >= 0.3 is 26.2 Å². The van der Waals surface area contributed by atoms with Crippen LogP contribution in [0.15, 0.2) is 36.4 Å². The third-order valence-electron chi connectivity index (χ3n) is 1.76. The predicted octanol–water partition coefficient (Wildman–Crippen LogP) is -2.34. The van der Waals surface area contributed by atoms with Gasteiger partial charge in [0.2, 0.25) is 0 Å². The van der Waals surface area contributed by atoms with Crippen molar-refractivity contribution < 1.29 is 60.2 Å². The Kier molecular flexibility index (Phi) is 17.1. The van der Waals surface area contributed by atoms with Crippen LogP contribution in [0, 0.1) is 6.92 Å². The molecular weight excluding hydrogens is 423 g/mol. The van der Waals surface area contributed by atoms with Crippen molar-refractivity contribution in [3.05, 3.63) is 42.0 Å². The Balaban J connectivity index is -0.000000258. The summed E-state index contributed by atoms with van der Waals surface area (Å²) in [6.07, 6.45) is 0. The zero-order valence-electron chi connectivity index (χ0n) is 9.72. The molecule has 0 fully saturated rings. The topological polar surface area (TPSA) is 0 Å². The van der Waals surface area contributed by atoms with Gasteiger partial charge < -0.3 is 34.0 Å². The van der Waals surface area contributed by atoms with Crippen molar-refractivity contribution in [1.29, 1.82) is 0 Å². The number of benzene rings is 1. The second-order valence-corrected chi connectivity index (χ2v) is 4.16. The van der Waals surface area contributed by atoms with Crippen LogP contribution in [0.3, 0.4) is 0 Å². The van der Waals surface area contributed by atoms with Gasteiger partial charge in [-0.15, -0.1) is 40.6 Å². The third kappa shape index (κ3) is 7.26. The van der Waals surface area contributed by atoms with Crippen LogP contribution in [-0.2, 0) is 26.2 Å². The molecule has 0 saturated carbocycles. The number of hydrogen-bond acceptors (Lipinski definition) is 0. The Morgan fingerprint density at radius 2 is 1.56 bits per heavy atom. The van der Waals surface area contributed by atoms with Gasteiger partial charge in [0.15, 0.2) is 0 Å². The van der Waals surface area contributed by atoms with Crippen molar-refractivity contribution in [3.8, 4) is 0 Å². The van der Waals surface area contributed by atoms with E-state index in [1.165, 1.54) is 16.3 Å². The van der Waals surface area contributed by atoms with Crippen molar-refractivity contribution in [2.75, 3.05) is 0 Å². The average Bonchev–Trinajstić information content (AvgIpc) is 2.45. The normalized spacial score (nSPS) is 7.69. The molecule has 3 radical (unpaired) electrons. The Bertz CT molecular complexity index is 341. The van der Waals surface area contributed by atoms with E-state index in [4.69, 9.17) is 0 Å². The van der Waals surface area contributed by atoms with Gasteiger partial charge in [-0.25, -0.2) is 0 Å². The molecule has 0 aromatic heterocycles. The first-order valence-corrected chi connectivity index (χ1v) is 6.48. The summed E-state index contributed by atoms with van der Waals surface area (Å²) in [5.41, 5.74) is 1.35. The average molecular weight is 438 g/mol. The predicted molar refractivity (Wildman–Crippen MR) is 61.8 cm³/mol. The minimum absolute atomic E-state index is 0. The molecule has 0 spiro atoms. The standard InChI is InChI=1S/C10H9.C2H6Si.2BrH.Zr/c1-8-6-9-4-2-3-5-10(9)7-8;1-3-2;;;/h2-7H,1H3;1-2H3;2*1H;/q-1;;;;+3/p-2. The van der Waals surface area contributed by atoms with E-state index >= 15 is 0 Å². The Morgan fingerprint density at radius 3 is 2.06 bits per heavy atom. The van der Waals surface area contributed by atoms with Crippen molar-refractivity contribution >= 4 is 20.3 Å². The fourth-order valence-corrected chi connectivity index (χ4v) is 1.31. The van der Waals surface area contributed by atoms with Crippen molar-refractivity contribution in [1.82, 2.24) is 0 Å². The van der Waals surface area contributed by atoms with Crippen LogP contribution in [0.1, 0.15) is 5.56 Å². The van der Waals surface area contributed by atoms with Crippen LogP contribution in [0.5, 0.6) is 0 Å². The molecular formula is C12H15Br2SiZr. The zero-order chi connectivity index (χ0) is 9.68. The molecule has 0 heterocycles. The number of aryl methyl sites for hydroxylation is 1. The van der Waals surface area contributed by atoms with Crippen LogP contribution in [0.4, 0.5) is 0 Å². The first kappa shape index (κ1) is 22.1. The van der Waals surface area contributed by atoms with E-state index in [9.17, 15) is 0 Å². The minimum atomic E-state index is 0. The van der Waals surface area contributed by atoms with Gasteiger partial charge in [-0.1, -0.05) is 26.1 Å². The molecule has 0 amide bonds. The summed E-state index contributed by atoms with van der Waals surface area (Å²) < 4.78 is 0. The summed E-state index contributed by atoms with van der Waals surface area (Å²) in [6.45, 7) is 6.43. The van der Waals surface area contributed by atoms with Crippen LogP contribution < -0.4 is 34.0 Å². The second kappa shape index (κ2) is 12.3. The maximum atomic E-state index is 2.20. The molecule has 0 aliphatic heterocycles. The molecule has 16 heavy (non-hydrogen) atoms. The molecule has 0 saturated heterocycles. The number of halogens is 2. The molecule has 4 heteroatoms. The molecule has 0 unspecified atom stereocenters. The number of hydrogen-bond donors (Lipinski definition) is 0. The molecule has 2 rings (SSSR count). The van der Waals surface area contributed by atoms with Gasteiger partial charge in [-0.05, 0) is 0 Å². The van der Waals surface area contributed by atoms with E-state index in [0.717, 1.165) is 9.52 Å². The van der Waals surface area contributed by atoms with Gasteiger partial charge in [0.25, 0.3) is 0 Å². The van der Waals surface area contributed by atoms with E-state index < -0.39 is 0 Å². The monoisotopic (exact) mass is 435 g/mol. The largest absolute Gasteiger partial charge is 3.00 e. The van der Waals surface area contributed by atoms with E-state index in [1.54, 1.807) is 0 Å². The van der Waals surface area contributed by atoms with Crippen LogP contribution in [-0.4, -0.2) is 9.52 Å². The van der Waals surface area contributed by atoms with E-state index in [-0.39, 0.29) is 60.2 Å². The van der Waals surface area contributed by atoms with Gasteiger partial charge in [-0.2, -0.15) is 6.07 Å². The maximum absolute atomic E-state index is 2.20. The first-order chi connectivity index (χ1) is 6.27. The fourth-order valence-electron chi connectivity index (χ4n) is 1.31. The SMILES string of the molecule is C[Si]C.Cc1cc2ccccc2[cH-]1.[Br-].[Br-].[Zr+3]. The summed E-state index contributed by atoms with van der Waals surface area (Å²) in [4.78, 5) is 0. The molecule has 0 N–H and O–H groups in total. The second-order valence-electron chi connectivity index (χ2n) is 3.16. The molecule has 2 aromatic rings. The Labute approximate surface area is 141 Å². The summed E-state index contributed by atoms with van der Waals surface area (Å²) >= 11 is 0. The smallest absolute Gasteiger partial charge is 1.00 e. The Hall–Kier alpha value is 0.890. The molecule has 2 aromatic carbocycles. The summed E-state index contributed by atoms with van der Waals surface area (Å²) in [7, 11) is 1.08. The van der Waals surface area contributed by atoms with Gasteiger partial charge in [-0.3, -0.25) is 0 Å². The molecule has 0 aliphatic carbocycles. The number of rotatable bonds is 0. The quantitative estimate of drug-likeness (QED) is 0.320. The summed E-state index contributed by atoms with van der Waals surface area (Å²) in [6, 6.07) is 12.8. The summed E-state index contributed by atoms with van der Waals surface area (Å²) in [5, 5.41) is 2.69. The molecule has 0 aliphatic rings. The molecule has 0 atom stereocenters. The summed E-state index contributed by atoms with van der Waals surface area (Å²) in [5.74, 6) is 0. The molecule has 0 nitrogen and oxygen atoms in total.